The van der Waals surface area contributed by atoms with Crippen molar-refractivity contribution in [1.29, 1.82) is 0 Å². The lowest BCUT2D eigenvalue weighted by molar-refractivity contribution is 0.377. The zero-order chi connectivity index (χ0) is 6.53. The van der Waals surface area contributed by atoms with E-state index in [1.807, 2.05) is 11.9 Å². The molecule has 0 radical (unpaired) electrons. The topological polar surface area (TPSA) is 15.3 Å². The van der Waals surface area contributed by atoms with Crippen LogP contribution in [0, 0.1) is 0 Å². The van der Waals surface area contributed by atoms with Gasteiger partial charge in [0.25, 0.3) is 0 Å². The zero-order valence-corrected chi connectivity index (χ0v) is 6.71. The minimum Gasteiger partial charge on any atom is -0.244 e. The summed E-state index contributed by atoms with van der Waals surface area (Å²) in [6.45, 7) is 4.57. The highest BCUT2D eigenvalue weighted by molar-refractivity contribution is 7.97. The predicted octanol–water partition coefficient (Wildman–Crippen LogP) is 1.25. The maximum atomic E-state index is 3.29. The maximum absolute atomic E-state index is 3.29. The fourth-order valence-corrected chi connectivity index (χ4v) is 1.66. The lowest BCUT2D eigenvalue weighted by Crippen LogP contribution is -2.26. The van der Waals surface area contributed by atoms with Crippen molar-refractivity contribution in [2.75, 3.05) is 18.8 Å². The zero-order valence-electron chi connectivity index (χ0n) is 5.89. The summed E-state index contributed by atoms with van der Waals surface area (Å²) in [5, 5.41) is 0. The molecule has 1 saturated heterocycles. The maximum Gasteiger partial charge on any atom is 0.0244 e. The molecule has 54 valence electrons. The van der Waals surface area contributed by atoms with Gasteiger partial charge in [-0.3, -0.25) is 0 Å². The van der Waals surface area contributed by atoms with E-state index in [1.54, 1.807) is 0 Å². The van der Waals surface area contributed by atoms with Crippen LogP contribution in [-0.2, 0) is 0 Å². The van der Waals surface area contributed by atoms with E-state index in [1.165, 1.54) is 25.1 Å². The first-order chi connectivity index (χ1) is 4.43. The van der Waals surface area contributed by atoms with Crippen molar-refractivity contribution in [3.05, 3.63) is 0 Å². The Morgan fingerprint density at radius 3 is 3.11 bits per heavy atom. The van der Waals surface area contributed by atoms with Crippen LogP contribution in [0.2, 0.25) is 0 Å². The summed E-state index contributed by atoms with van der Waals surface area (Å²) in [4.78, 5) is 0. The summed E-state index contributed by atoms with van der Waals surface area (Å²) in [7, 11) is 0. The van der Waals surface area contributed by atoms with Crippen LogP contribution in [0.3, 0.4) is 0 Å². The molecule has 0 spiro atoms. The highest BCUT2D eigenvalue weighted by atomic mass is 32.2. The molecule has 0 amide bonds. The minimum atomic E-state index is 1.15. The summed E-state index contributed by atoms with van der Waals surface area (Å²) >= 11 is 1.90. The van der Waals surface area contributed by atoms with Gasteiger partial charge in [0.05, 0.1) is 0 Å². The Morgan fingerprint density at radius 1 is 1.67 bits per heavy atom. The average molecular weight is 146 g/mol. The largest absolute Gasteiger partial charge is 0.244 e. The van der Waals surface area contributed by atoms with E-state index in [0.29, 0.717) is 0 Å². The van der Waals surface area contributed by atoms with E-state index in [9.17, 15) is 0 Å². The number of nitrogens with zero attached hydrogens (tertiary/aromatic N) is 1. The van der Waals surface area contributed by atoms with Crippen molar-refractivity contribution in [3.63, 3.8) is 0 Å². The molecule has 1 heterocycles. The van der Waals surface area contributed by atoms with Crippen LogP contribution in [0.1, 0.15) is 19.8 Å². The molecule has 0 aromatic heterocycles. The van der Waals surface area contributed by atoms with Crippen molar-refractivity contribution in [2.45, 2.75) is 19.8 Å². The van der Waals surface area contributed by atoms with E-state index < -0.39 is 0 Å². The molecule has 0 unspecified atom stereocenters. The summed E-state index contributed by atoms with van der Waals surface area (Å²) in [5.41, 5.74) is 3.29. The lowest BCUT2D eigenvalue weighted by atomic mass is 10.3. The van der Waals surface area contributed by atoms with Gasteiger partial charge in [-0.2, -0.15) is 4.41 Å². The molecule has 0 aromatic rings. The molecule has 2 nitrogen and oxygen atoms in total. The smallest absolute Gasteiger partial charge is 0.0244 e. The molecule has 3 heteroatoms. The summed E-state index contributed by atoms with van der Waals surface area (Å²) in [5.74, 6) is 1.24. The van der Waals surface area contributed by atoms with E-state index >= 15 is 0 Å². The van der Waals surface area contributed by atoms with Crippen LogP contribution >= 0.6 is 11.9 Å². The first-order valence-electron chi connectivity index (χ1n) is 3.57. The summed E-state index contributed by atoms with van der Waals surface area (Å²) < 4.78 is 2.24. The Bertz CT molecular complexity index is 71.5. The van der Waals surface area contributed by atoms with Crippen LogP contribution < -0.4 is 5.43 Å². The molecule has 0 aromatic carbocycles. The number of nitrogens with one attached hydrogen (secondary N) is 1. The van der Waals surface area contributed by atoms with Gasteiger partial charge in [0.2, 0.25) is 0 Å². The number of hydrogen-bond acceptors (Lipinski definition) is 3. The second-order valence-corrected chi connectivity index (χ2v) is 3.30. The molecule has 1 aliphatic rings. The van der Waals surface area contributed by atoms with Crippen LogP contribution in [-0.4, -0.2) is 23.3 Å². The van der Waals surface area contributed by atoms with Crippen molar-refractivity contribution in [3.8, 4) is 0 Å². The summed E-state index contributed by atoms with van der Waals surface area (Å²) in [6, 6.07) is 0. The number of hydrogen-bond donors (Lipinski definition) is 1. The molecule has 9 heavy (non-hydrogen) atoms. The molecule has 1 aliphatic heterocycles. The van der Waals surface area contributed by atoms with Gasteiger partial charge in [-0.15, -0.1) is 0 Å². The van der Waals surface area contributed by atoms with Crippen molar-refractivity contribution in [2.24, 2.45) is 0 Å². The molecule has 1 rings (SSSR count). The van der Waals surface area contributed by atoms with Gasteiger partial charge in [-0.1, -0.05) is 25.3 Å². The monoisotopic (exact) mass is 146 g/mol. The first-order valence-corrected chi connectivity index (χ1v) is 4.51. The third kappa shape index (κ3) is 2.56. The Labute approximate surface area is 61.1 Å². The van der Waals surface area contributed by atoms with Gasteiger partial charge in [-0.05, 0) is 6.42 Å². The van der Waals surface area contributed by atoms with Crippen molar-refractivity contribution < 1.29 is 0 Å². The lowest BCUT2D eigenvalue weighted by Gasteiger charge is -2.11. The van der Waals surface area contributed by atoms with Gasteiger partial charge in [0.1, 0.15) is 0 Å². The second kappa shape index (κ2) is 4.14. The molecule has 1 N–H and O–H groups in total. The fraction of sp³-hybridized carbons (Fsp3) is 1.00. The van der Waals surface area contributed by atoms with Gasteiger partial charge < -0.3 is 0 Å². The van der Waals surface area contributed by atoms with Crippen LogP contribution in [0.25, 0.3) is 0 Å². The van der Waals surface area contributed by atoms with Gasteiger partial charge in [0.15, 0.2) is 0 Å². The van der Waals surface area contributed by atoms with E-state index in [2.05, 4.69) is 16.8 Å². The molecule has 0 aliphatic carbocycles. The molecular weight excluding hydrogens is 132 g/mol. The van der Waals surface area contributed by atoms with Crippen LogP contribution in [0.15, 0.2) is 0 Å². The third-order valence-corrected chi connectivity index (χ3v) is 2.36. The fourth-order valence-electron chi connectivity index (χ4n) is 0.817. The Hall–Kier alpha value is 0.270. The third-order valence-electron chi connectivity index (χ3n) is 1.35. The molecule has 0 atom stereocenters. The Balaban J connectivity index is 1.98. The average Bonchev–Trinajstić information content (AvgIpc) is 2.34. The first kappa shape index (κ1) is 7.38. The SMILES string of the molecule is CCCCN1NCCS1. The highest BCUT2D eigenvalue weighted by Gasteiger charge is 2.09. The minimum absolute atomic E-state index is 1.15. The van der Waals surface area contributed by atoms with E-state index in [-0.39, 0.29) is 0 Å². The standard InChI is InChI=1S/C6H14N2S/c1-2-3-5-8-7-4-6-9-8/h7H,2-6H2,1H3. The quantitative estimate of drug-likeness (QED) is 0.603. The van der Waals surface area contributed by atoms with Gasteiger partial charge in [0, 0.05) is 18.8 Å². The molecule has 1 fully saturated rings. The number of unbranched alkanes of at least 4 members (excludes halogenated alkanes) is 1. The molecule has 0 saturated carbocycles. The highest BCUT2D eigenvalue weighted by Crippen LogP contribution is 2.11. The number of hydrazine groups is 1. The van der Waals surface area contributed by atoms with E-state index in [0.717, 1.165) is 6.54 Å². The van der Waals surface area contributed by atoms with Crippen LogP contribution in [0.4, 0.5) is 0 Å². The normalized spacial score (nSPS) is 21.0. The van der Waals surface area contributed by atoms with Gasteiger partial charge in [-0.25, -0.2) is 5.43 Å². The summed E-state index contributed by atoms with van der Waals surface area (Å²) in [6.07, 6.45) is 2.60. The van der Waals surface area contributed by atoms with Crippen LogP contribution in [0.5, 0.6) is 0 Å². The Kier molecular flexibility index (Phi) is 3.40. The Morgan fingerprint density at radius 2 is 2.56 bits per heavy atom. The van der Waals surface area contributed by atoms with Crippen molar-refractivity contribution >= 4 is 11.9 Å². The van der Waals surface area contributed by atoms with Crippen molar-refractivity contribution in [1.82, 2.24) is 9.84 Å². The second-order valence-electron chi connectivity index (χ2n) is 2.20. The van der Waals surface area contributed by atoms with E-state index in [4.69, 9.17) is 0 Å². The predicted molar refractivity (Wildman–Crippen MR) is 42.1 cm³/mol. The molecule has 0 bridgehead atoms. The number of rotatable bonds is 3. The molecular formula is C6H14N2S. The van der Waals surface area contributed by atoms with Gasteiger partial charge >= 0.3 is 0 Å².